The van der Waals surface area contributed by atoms with Crippen LogP contribution in [0, 0.1) is 6.92 Å². The van der Waals surface area contributed by atoms with Crippen LogP contribution in [0.25, 0.3) is 0 Å². The number of hydrogen-bond acceptors (Lipinski definition) is 3. The van der Waals surface area contributed by atoms with Gasteiger partial charge in [0.15, 0.2) is 0 Å². The van der Waals surface area contributed by atoms with Crippen LogP contribution in [-0.4, -0.2) is 24.4 Å². The van der Waals surface area contributed by atoms with Crippen LogP contribution in [0.4, 0.5) is 5.69 Å². The van der Waals surface area contributed by atoms with Gasteiger partial charge in [-0.15, -0.1) is 0 Å². The monoisotopic (exact) mass is 249 g/mol. The maximum atomic E-state index is 12.1. The molecule has 0 saturated heterocycles. The molecule has 0 bridgehead atoms. The van der Waals surface area contributed by atoms with Crippen molar-refractivity contribution in [3.63, 3.8) is 0 Å². The second-order valence-corrected chi connectivity index (χ2v) is 4.74. The van der Waals surface area contributed by atoms with Crippen molar-refractivity contribution in [2.45, 2.75) is 26.3 Å². The summed E-state index contributed by atoms with van der Waals surface area (Å²) >= 11 is 0. The third kappa shape index (κ3) is 3.00. The molecule has 0 atom stereocenters. The molecule has 0 saturated carbocycles. The number of anilines is 1. The number of amides is 2. The number of primary amides is 1. The molecule has 98 valence electrons. The van der Waals surface area contributed by atoms with Crippen molar-refractivity contribution < 1.29 is 9.59 Å². The molecular weight excluding hydrogens is 230 g/mol. The van der Waals surface area contributed by atoms with Crippen molar-refractivity contribution in [1.29, 1.82) is 0 Å². The number of aryl methyl sites for hydroxylation is 1. The van der Waals surface area contributed by atoms with Gasteiger partial charge < -0.3 is 16.4 Å². The van der Waals surface area contributed by atoms with Crippen LogP contribution in [0.3, 0.4) is 0 Å². The lowest BCUT2D eigenvalue weighted by Gasteiger charge is -2.23. The third-order valence-corrected chi connectivity index (χ3v) is 2.73. The molecule has 0 spiro atoms. The number of benzene rings is 1. The lowest BCUT2D eigenvalue weighted by molar-refractivity contribution is -0.122. The minimum Gasteiger partial charge on any atom is -0.387 e. The van der Waals surface area contributed by atoms with E-state index in [-0.39, 0.29) is 5.91 Å². The molecule has 0 heterocycles. The molecule has 0 unspecified atom stereocenters. The molecule has 0 aliphatic rings. The highest BCUT2D eigenvalue weighted by Gasteiger charge is 2.28. The van der Waals surface area contributed by atoms with E-state index in [1.54, 1.807) is 27.0 Å². The molecule has 5 nitrogen and oxygen atoms in total. The Balaban J connectivity index is 3.04. The Hall–Kier alpha value is -2.04. The molecule has 1 aromatic rings. The normalized spacial score (nSPS) is 10.9. The predicted molar refractivity (Wildman–Crippen MR) is 71.5 cm³/mol. The minimum absolute atomic E-state index is 0.327. The van der Waals surface area contributed by atoms with Gasteiger partial charge in [-0.1, -0.05) is 11.6 Å². The Labute approximate surface area is 107 Å². The fraction of sp³-hybridized carbons (Fsp3) is 0.385. The Morgan fingerprint density at radius 3 is 2.39 bits per heavy atom. The van der Waals surface area contributed by atoms with Crippen molar-refractivity contribution in [2.24, 2.45) is 5.73 Å². The molecular formula is C13H19N3O2. The molecule has 1 aromatic carbocycles. The molecule has 0 aliphatic carbocycles. The highest BCUT2D eigenvalue weighted by atomic mass is 16.2. The van der Waals surface area contributed by atoms with Gasteiger partial charge in [-0.2, -0.15) is 0 Å². The van der Waals surface area contributed by atoms with Crippen LogP contribution in [-0.2, 0) is 4.79 Å². The fourth-order valence-electron chi connectivity index (χ4n) is 1.48. The molecule has 0 aliphatic heterocycles. The largest absolute Gasteiger partial charge is 0.387 e. The number of carbonyl (C=O) groups is 2. The zero-order valence-corrected chi connectivity index (χ0v) is 11.1. The summed E-state index contributed by atoms with van der Waals surface area (Å²) in [5.41, 5.74) is 6.32. The summed E-state index contributed by atoms with van der Waals surface area (Å²) in [5, 5.41) is 5.56. The van der Waals surface area contributed by atoms with Crippen molar-refractivity contribution in [2.75, 3.05) is 12.4 Å². The molecule has 0 fully saturated rings. The molecule has 0 radical (unpaired) electrons. The Kier molecular flexibility index (Phi) is 3.96. The lowest BCUT2D eigenvalue weighted by Crippen LogP contribution is -2.53. The van der Waals surface area contributed by atoms with E-state index < -0.39 is 11.4 Å². The zero-order valence-electron chi connectivity index (χ0n) is 11.1. The van der Waals surface area contributed by atoms with Crippen molar-refractivity contribution >= 4 is 17.5 Å². The fourth-order valence-corrected chi connectivity index (χ4v) is 1.48. The van der Waals surface area contributed by atoms with Crippen LogP contribution in [0.2, 0.25) is 0 Å². The second kappa shape index (κ2) is 5.08. The average Bonchev–Trinajstić information content (AvgIpc) is 2.28. The smallest absolute Gasteiger partial charge is 0.254 e. The SMILES string of the molecule is CNc1ccc(C)cc1C(=O)NC(C)(C)C(N)=O. The van der Waals surface area contributed by atoms with Crippen LogP contribution in [0.5, 0.6) is 0 Å². The molecule has 0 aromatic heterocycles. The van der Waals surface area contributed by atoms with Gasteiger partial charge in [-0.3, -0.25) is 9.59 Å². The first-order chi connectivity index (χ1) is 8.27. The first-order valence-electron chi connectivity index (χ1n) is 5.68. The van der Waals surface area contributed by atoms with Crippen LogP contribution < -0.4 is 16.4 Å². The summed E-state index contributed by atoms with van der Waals surface area (Å²) in [4.78, 5) is 23.3. The summed E-state index contributed by atoms with van der Waals surface area (Å²) in [7, 11) is 1.74. The first-order valence-corrected chi connectivity index (χ1v) is 5.68. The van der Waals surface area contributed by atoms with Crippen molar-refractivity contribution in [1.82, 2.24) is 5.32 Å². The topological polar surface area (TPSA) is 84.2 Å². The highest BCUT2D eigenvalue weighted by molar-refractivity contribution is 6.02. The molecule has 18 heavy (non-hydrogen) atoms. The first kappa shape index (κ1) is 14.0. The van der Waals surface area contributed by atoms with E-state index in [2.05, 4.69) is 10.6 Å². The number of carbonyl (C=O) groups excluding carboxylic acids is 2. The van der Waals surface area contributed by atoms with Crippen molar-refractivity contribution in [3.8, 4) is 0 Å². The standard InChI is InChI=1S/C13H19N3O2/c1-8-5-6-10(15-4)9(7-8)11(17)16-13(2,3)12(14)18/h5-7,15H,1-4H3,(H2,14,18)(H,16,17). The zero-order chi connectivity index (χ0) is 13.9. The van der Waals surface area contributed by atoms with E-state index in [4.69, 9.17) is 5.73 Å². The van der Waals surface area contributed by atoms with E-state index in [1.165, 1.54) is 0 Å². The molecule has 4 N–H and O–H groups in total. The van der Waals surface area contributed by atoms with Gasteiger partial charge in [-0.25, -0.2) is 0 Å². The summed E-state index contributed by atoms with van der Waals surface area (Å²) in [6.45, 7) is 5.04. The van der Waals surface area contributed by atoms with Gasteiger partial charge in [0.2, 0.25) is 5.91 Å². The van der Waals surface area contributed by atoms with Gasteiger partial charge >= 0.3 is 0 Å². The van der Waals surface area contributed by atoms with Gasteiger partial charge in [0.1, 0.15) is 5.54 Å². The van der Waals surface area contributed by atoms with E-state index in [0.29, 0.717) is 11.3 Å². The number of nitrogens with one attached hydrogen (secondary N) is 2. The Morgan fingerprint density at radius 1 is 1.28 bits per heavy atom. The van der Waals surface area contributed by atoms with Crippen molar-refractivity contribution in [3.05, 3.63) is 29.3 Å². The van der Waals surface area contributed by atoms with E-state index in [9.17, 15) is 9.59 Å². The van der Waals surface area contributed by atoms with Gasteiger partial charge in [0, 0.05) is 12.7 Å². The molecule has 2 amide bonds. The summed E-state index contributed by atoms with van der Waals surface area (Å²) in [5.74, 6) is -0.902. The van der Waals surface area contributed by atoms with Crippen LogP contribution in [0.1, 0.15) is 29.8 Å². The maximum Gasteiger partial charge on any atom is 0.254 e. The van der Waals surface area contributed by atoms with Gasteiger partial charge in [0.05, 0.1) is 5.56 Å². The average molecular weight is 249 g/mol. The molecule has 5 heteroatoms. The highest BCUT2D eigenvalue weighted by Crippen LogP contribution is 2.17. The van der Waals surface area contributed by atoms with E-state index in [1.807, 2.05) is 19.1 Å². The van der Waals surface area contributed by atoms with Crippen LogP contribution in [0.15, 0.2) is 18.2 Å². The number of nitrogens with two attached hydrogens (primary N) is 1. The Morgan fingerprint density at radius 2 is 1.89 bits per heavy atom. The van der Waals surface area contributed by atoms with Gasteiger partial charge in [-0.05, 0) is 32.9 Å². The Bertz CT molecular complexity index is 481. The van der Waals surface area contributed by atoms with E-state index >= 15 is 0 Å². The predicted octanol–water partition coefficient (Wildman–Crippen LogP) is 1.03. The summed E-state index contributed by atoms with van der Waals surface area (Å²) < 4.78 is 0. The number of hydrogen-bond donors (Lipinski definition) is 3. The summed E-state index contributed by atoms with van der Waals surface area (Å²) in [6.07, 6.45) is 0. The third-order valence-electron chi connectivity index (χ3n) is 2.73. The maximum absolute atomic E-state index is 12.1. The second-order valence-electron chi connectivity index (χ2n) is 4.74. The summed E-state index contributed by atoms with van der Waals surface area (Å²) in [6, 6.07) is 5.49. The molecule has 1 rings (SSSR count). The van der Waals surface area contributed by atoms with Crippen LogP contribution >= 0.6 is 0 Å². The lowest BCUT2D eigenvalue weighted by atomic mass is 10.0. The quantitative estimate of drug-likeness (QED) is 0.745. The van der Waals surface area contributed by atoms with E-state index in [0.717, 1.165) is 5.56 Å². The van der Waals surface area contributed by atoms with Gasteiger partial charge in [0.25, 0.3) is 5.91 Å². The minimum atomic E-state index is -1.08. The number of rotatable bonds is 4.